The maximum absolute atomic E-state index is 12.7. The van der Waals surface area contributed by atoms with Gasteiger partial charge in [-0.15, -0.1) is 0 Å². The first-order valence-electron chi connectivity index (χ1n) is 8.44. The molecule has 0 radical (unpaired) electrons. The summed E-state index contributed by atoms with van der Waals surface area (Å²) in [6, 6.07) is 7.40. The Morgan fingerprint density at radius 1 is 1.12 bits per heavy atom. The lowest BCUT2D eigenvalue weighted by molar-refractivity contribution is -0.138. The van der Waals surface area contributed by atoms with Crippen LogP contribution in [0.3, 0.4) is 0 Å². The average Bonchev–Trinajstić information content (AvgIpc) is 2.47. The van der Waals surface area contributed by atoms with E-state index in [1.165, 1.54) is 0 Å². The molecule has 0 aliphatic carbocycles. The summed E-state index contributed by atoms with van der Waals surface area (Å²) in [5.74, 6) is 0.799. The Kier molecular flexibility index (Phi) is 6.33. The number of halogens is 3. The summed E-state index contributed by atoms with van der Waals surface area (Å²) >= 11 is 0. The Hall–Kier alpha value is -1.05. The second-order valence-electron chi connectivity index (χ2n) is 7.24. The number of nitrogens with one attached hydrogen (secondary N) is 1. The molecule has 2 rings (SSSR count). The lowest BCUT2D eigenvalue weighted by Crippen LogP contribution is -2.45. The minimum atomic E-state index is -4.12. The Labute approximate surface area is 143 Å². The van der Waals surface area contributed by atoms with Crippen LogP contribution >= 0.6 is 0 Å². The van der Waals surface area contributed by atoms with Gasteiger partial charge in [-0.2, -0.15) is 13.2 Å². The molecule has 1 aliphatic rings. The van der Waals surface area contributed by atoms with Crippen LogP contribution in [0.5, 0.6) is 5.75 Å². The van der Waals surface area contributed by atoms with E-state index < -0.39 is 20.9 Å². The summed E-state index contributed by atoms with van der Waals surface area (Å²) in [7, 11) is -1.68. The molecule has 0 aromatic heterocycles. The molecule has 24 heavy (non-hydrogen) atoms. The largest absolute Gasteiger partial charge is 0.544 e. The van der Waals surface area contributed by atoms with E-state index in [2.05, 4.69) is 29.9 Å². The van der Waals surface area contributed by atoms with Gasteiger partial charge in [0.25, 0.3) is 0 Å². The highest BCUT2D eigenvalue weighted by atomic mass is 28.4. The minimum Gasteiger partial charge on any atom is -0.544 e. The zero-order valence-corrected chi connectivity index (χ0v) is 15.6. The average molecular weight is 360 g/mol. The van der Waals surface area contributed by atoms with E-state index in [0.717, 1.165) is 37.5 Å². The van der Waals surface area contributed by atoms with Gasteiger partial charge in [-0.3, -0.25) is 4.90 Å². The van der Waals surface area contributed by atoms with Gasteiger partial charge in [0, 0.05) is 38.6 Å². The van der Waals surface area contributed by atoms with Gasteiger partial charge in [0.15, 0.2) is 0 Å². The van der Waals surface area contributed by atoms with Crippen molar-refractivity contribution in [2.45, 2.75) is 44.7 Å². The van der Waals surface area contributed by atoms with Crippen LogP contribution in [0.15, 0.2) is 24.3 Å². The third-order valence-corrected chi connectivity index (χ3v) is 4.83. The molecule has 1 atom stereocenters. The zero-order valence-electron chi connectivity index (χ0n) is 14.6. The summed E-state index contributed by atoms with van der Waals surface area (Å²) in [5.41, 5.74) is 0.934. The molecule has 1 aliphatic heterocycles. The summed E-state index contributed by atoms with van der Waals surface area (Å²) in [5, 5.41) is 3.25. The Morgan fingerprint density at radius 3 is 2.21 bits per heavy atom. The Balaban J connectivity index is 2.12. The maximum atomic E-state index is 12.7. The van der Waals surface area contributed by atoms with E-state index in [0.29, 0.717) is 0 Å². The number of nitrogens with zero attached hydrogens (tertiary/aromatic N) is 1. The van der Waals surface area contributed by atoms with Crippen LogP contribution in [0.2, 0.25) is 19.6 Å². The molecule has 1 fully saturated rings. The standard InChI is InChI=1S/C17H27F3N2OSi/c1-24(2,3)23-15-6-4-14(5-7-15)16(8-9-17(18,19)20)22-12-10-21-11-13-22/h4-7,16,21H,8-13H2,1-3H3/t16-/m0/s1. The van der Waals surface area contributed by atoms with Crippen molar-refractivity contribution in [3.63, 3.8) is 0 Å². The van der Waals surface area contributed by atoms with Crippen molar-refractivity contribution < 1.29 is 17.6 Å². The van der Waals surface area contributed by atoms with Crippen molar-refractivity contribution in [3.05, 3.63) is 29.8 Å². The fourth-order valence-electron chi connectivity index (χ4n) is 2.97. The predicted octanol–water partition coefficient (Wildman–Crippen LogP) is 4.19. The van der Waals surface area contributed by atoms with Crippen molar-refractivity contribution in [2.24, 2.45) is 0 Å². The molecule has 0 amide bonds. The summed E-state index contributed by atoms with van der Waals surface area (Å²) in [6.07, 6.45) is -4.78. The quantitative estimate of drug-likeness (QED) is 0.770. The van der Waals surface area contributed by atoms with Crippen LogP contribution in [0, 0.1) is 0 Å². The van der Waals surface area contributed by atoms with Gasteiger partial charge in [0.2, 0.25) is 8.32 Å². The van der Waals surface area contributed by atoms with E-state index in [9.17, 15) is 13.2 Å². The van der Waals surface area contributed by atoms with E-state index in [1.807, 2.05) is 24.3 Å². The number of alkyl halides is 3. The molecule has 0 unspecified atom stereocenters. The second kappa shape index (κ2) is 7.88. The highest BCUT2D eigenvalue weighted by Gasteiger charge is 2.31. The molecule has 0 bridgehead atoms. The first kappa shape index (κ1) is 19.3. The minimum absolute atomic E-state index is 0.0950. The Bertz CT molecular complexity index is 508. The van der Waals surface area contributed by atoms with Gasteiger partial charge in [0.05, 0.1) is 0 Å². The van der Waals surface area contributed by atoms with Gasteiger partial charge in [-0.25, -0.2) is 0 Å². The molecule has 1 aromatic carbocycles. The molecule has 7 heteroatoms. The molecule has 1 N–H and O–H groups in total. The fourth-order valence-corrected chi connectivity index (χ4v) is 3.81. The van der Waals surface area contributed by atoms with Crippen LogP contribution < -0.4 is 9.74 Å². The Morgan fingerprint density at radius 2 is 1.71 bits per heavy atom. The number of benzene rings is 1. The predicted molar refractivity (Wildman–Crippen MR) is 92.9 cm³/mol. The molecule has 0 saturated carbocycles. The SMILES string of the molecule is C[Si](C)(C)Oc1ccc([C@H](CCC(F)(F)F)N2CCNCC2)cc1. The first-order chi connectivity index (χ1) is 11.1. The maximum Gasteiger partial charge on any atom is 0.389 e. The van der Waals surface area contributed by atoms with Gasteiger partial charge in [-0.05, 0) is 43.8 Å². The van der Waals surface area contributed by atoms with Gasteiger partial charge < -0.3 is 9.74 Å². The molecule has 0 spiro atoms. The van der Waals surface area contributed by atoms with Crippen LogP contribution in [0.1, 0.15) is 24.4 Å². The molecule has 1 heterocycles. The molecule has 1 aromatic rings. The van der Waals surface area contributed by atoms with Crippen LogP contribution in [-0.4, -0.2) is 45.6 Å². The molecular formula is C17H27F3N2OSi. The summed E-state index contributed by atoms with van der Waals surface area (Å²) in [6.45, 7) is 9.50. The fraction of sp³-hybridized carbons (Fsp3) is 0.647. The zero-order chi connectivity index (χ0) is 17.8. The number of hydrogen-bond acceptors (Lipinski definition) is 3. The van der Waals surface area contributed by atoms with E-state index in [1.54, 1.807) is 0 Å². The van der Waals surface area contributed by atoms with Crippen LogP contribution in [0.4, 0.5) is 13.2 Å². The normalized spacial score (nSPS) is 18.4. The summed E-state index contributed by atoms with van der Waals surface area (Å²) in [4.78, 5) is 2.15. The molecule has 3 nitrogen and oxygen atoms in total. The number of hydrogen-bond donors (Lipinski definition) is 1. The van der Waals surface area contributed by atoms with Crippen LogP contribution in [0.25, 0.3) is 0 Å². The summed E-state index contributed by atoms with van der Waals surface area (Å²) < 4.78 is 44.0. The molecular weight excluding hydrogens is 333 g/mol. The lowest BCUT2D eigenvalue weighted by atomic mass is 9.99. The third-order valence-electron chi connectivity index (χ3n) is 3.98. The van der Waals surface area contributed by atoms with E-state index >= 15 is 0 Å². The topological polar surface area (TPSA) is 24.5 Å². The van der Waals surface area contributed by atoms with Crippen molar-refractivity contribution in [1.82, 2.24) is 10.2 Å². The van der Waals surface area contributed by atoms with E-state index in [-0.39, 0.29) is 12.5 Å². The number of rotatable bonds is 6. The highest BCUT2D eigenvalue weighted by molar-refractivity contribution is 6.70. The highest BCUT2D eigenvalue weighted by Crippen LogP contribution is 2.32. The van der Waals surface area contributed by atoms with Crippen LogP contribution in [-0.2, 0) is 0 Å². The second-order valence-corrected chi connectivity index (χ2v) is 11.7. The third kappa shape index (κ3) is 6.45. The van der Waals surface area contributed by atoms with Gasteiger partial charge in [-0.1, -0.05) is 12.1 Å². The van der Waals surface area contributed by atoms with Crippen molar-refractivity contribution >= 4 is 8.32 Å². The van der Waals surface area contributed by atoms with Crippen molar-refractivity contribution in [3.8, 4) is 5.75 Å². The smallest absolute Gasteiger partial charge is 0.389 e. The molecule has 136 valence electrons. The van der Waals surface area contributed by atoms with Crippen molar-refractivity contribution in [2.75, 3.05) is 26.2 Å². The van der Waals surface area contributed by atoms with Crippen molar-refractivity contribution in [1.29, 1.82) is 0 Å². The van der Waals surface area contributed by atoms with Gasteiger partial charge in [0.1, 0.15) is 5.75 Å². The number of piperazine rings is 1. The monoisotopic (exact) mass is 360 g/mol. The van der Waals surface area contributed by atoms with E-state index in [4.69, 9.17) is 4.43 Å². The molecule has 1 saturated heterocycles. The lowest BCUT2D eigenvalue weighted by Gasteiger charge is -2.35. The van der Waals surface area contributed by atoms with Gasteiger partial charge >= 0.3 is 6.18 Å². The first-order valence-corrected chi connectivity index (χ1v) is 11.9.